The molecule has 0 aromatic heterocycles. The Labute approximate surface area is 83.8 Å². The average molecular weight is 199 g/mol. The molecule has 0 radical (unpaired) electrons. The standard InChI is InChI=1S/C10H17NO3/c1-8(10(13)14)6-11-4-2-9(7-12)3-5-11/h9,12H,1-7H2,(H,13,14). The van der Waals surface area contributed by atoms with Gasteiger partial charge in [-0.25, -0.2) is 4.79 Å². The summed E-state index contributed by atoms with van der Waals surface area (Å²) in [4.78, 5) is 12.6. The lowest BCUT2D eigenvalue weighted by Crippen LogP contribution is -2.36. The van der Waals surface area contributed by atoms with Crippen LogP contribution in [0.3, 0.4) is 0 Å². The van der Waals surface area contributed by atoms with Gasteiger partial charge in [-0.2, -0.15) is 0 Å². The van der Waals surface area contributed by atoms with Gasteiger partial charge in [0.2, 0.25) is 0 Å². The monoisotopic (exact) mass is 199 g/mol. The number of aliphatic carboxylic acids is 1. The van der Waals surface area contributed by atoms with Crippen LogP contribution in [0.2, 0.25) is 0 Å². The summed E-state index contributed by atoms with van der Waals surface area (Å²) in [5.74, 6) is -0.529. The normalized spacial score (nSPS) is 19.5. The van der Waals surface area contributed by atoms with Crippen LogP contribution in [0.5, 0.6) is 0 Å². The lowest BCUT2D eigenvalue weighted by molar-refractivity contribution is -0.132. The third kappa shape index (κ3) is 3.12. The zero-order valence-electron chi connectivity index (χ0n) is 8.28. The molecule has 0 spiro atoms. The first-order chi connectivity index (χ1) is 6.63. The molecule has 1 heterocycles. The smallest absolute Gasteiger partial charge is 0.332 e. The van der Waals surface area contributed by atoms with Crippen molar-refractivity contribution in [1.82, 2.24) is 4.90 Å². The van der Waals surface area contributed by atoms with E-state index in [4.69, 9.17) is 10.2 Å². The number of likely N-dealkylation sites (tertiary alicyclic amines) is 1. The molecule has 1 aliphatic heterocycles. The van der Waals surface area contributed by atoms with Gasteiger partial charge in [0.1, 0.15) is 0 Å². The topological polar surface area (TPSA) is 60.8 Å². The van der Waals surface area contributed by atoms with Gasteiger partial charge in [0.05, 0.1) is 0 Å². The molecular weight excluding hydrogens is 182 g/mol. The predicted octanol–water partition coefficient (Wildman–Crippen LogP) is 0.331. The van der Waals surface area contributed by atoms with E-state index in [0.717, 1.165) is 25.9 Å². The number of piperidine rings is 1. The molecule has 80 valence electrons. The number of carboxylic acids is 1. The average Bonchev–Trinajstić information content (AvgIpc) is 2.19. The summed E-state index contributed by atoms with van der Waals surface area (Å²) in [6.07, 6.45) is 1.90. The second-order valence-corrected chi connectivity index (χ2v) is 3.81. The number of hydrogen-bond donors (Lipinski definition) is 2. The van der Waals surface area contributed by atoms with Crippen molar-refractivity contribution in [3.05, 3.63) is 12.2 Å². The van der Waals surface area contributed by atoms with Crippen LogP contribution in [0.1, 0.15) is 12.8 Å². The van der Waals surface area contributed by atoms with E-state index in [9.17, 15) is 4.79 Å². The van der Waals surface area contributed by atoms with Crippen molar-refractivity contribution in [3.63, 3.8) is 0 Å². The van der Waals surface area contributed by atoms with E-state index < -0.39 is 5.97 Å². The van der Waals surface area contributed by atoms with E-state index in [2.05, 4.69) is 11.5 Å². The van der Waals surface area contributed by atoms with Gasteiger partial charge < -0.3 is 10.2 Å². The highest BCUT2D eigenvalue weighted by molar-refractivity contribution is 5.86. The molecule has 1 fully saturated rings. The summed E-state index contributed by atoms with van der Waals surface area (Å²) in [5.41, 5.74) is 0.243. The highest BCUT2D eigenvalue weighted by atomic mass is 16.4. The SMILES string of the molecule is C=C(CN1CCC(CO)CC1)C(=O)O. The molecule has 0 amide bonds. The maximum absolute atomic E-state index is 10.5. The molecule has 1 rings (SSSR count). The van der Waals surface area contributed by atoms with Crippen LogP contribution in [0.15, 0.2) is 12.2 Å². The minimum absolute atomic E-state index is 0.243. The highest BCUT2D eigenvalue weighted by Gasteiger charge is 2.19. The molecule has 2 N–H and O–H groups in total. The minimum Gasteiger partial charge on any atom is -0.478 e. The molecule has 4 nitrogen and oxygen atoms in total. The zero-order valence-corrected chi connectivity index (χ0v) is 8.28. The highest BCUT2D eigenvalue weighted by Crippen LogP contribution is 2.16. The lowest BCUT2D eigenvalue weighted by Gasteiger charge is -2.30. The van der Waals surface area contributed by atoms with Crippen molar-refractivity contribution in [2.75, 3.05) is 26.2 Å². The number of nitrogens with zero attached hydrogens (tertiary/aromatic N) is 1. The maximum Gasteiger partial charge on any atom is 0.332 e. The van der Waals surface area contributed by atoms with Crippen molar-refractivity contribution in [2.45, 2.75) is 12.8 Å². The summed E-state index contributed by atoms with van der Waals surface area (Å²) >= 11 is 0. The molecule has 1 aliphatic rings. The Bertz CT molecular complexity index is 219. The zero-order chi connectivity index (χ0) is 10.6. The van der Waals surface area contributed by atoms with E-state index >= 15 is 0 Å². The molecule has 14 heavy (non-hydrogen) atoms. The number of carboxylic acid groups (broad SMARTS) is 1. The molecular formula is C10H17NO3. The molecule has 0 bridgehead atoms. The van der Waals surface area contributed by atoms with Gasteiger partial charge in [-0.15, -0.1) is 0 Å². The molecule has 1 saturated heterocycles. The Kier molecular flexibility index (Phi) is 4.10. The first-order valence-corrected chi connectivity index (χ1v) is 4.87. The van der Waals surface area contributed by atoms with Gasteiger partial charge in [-0.3, -0.25) is 4.90 Å². The lowest BCUT2D eigenvalue weighted by atomic mass is 9.97. The van der Waals surface area contributed by atoms with Crippen LogP contribution in [-0.4, -0.2) is 47.3 Å². The first kappa shape index (κ1) is 11.2. The molecule has 0 aromatic rings. The fourth-order valence-corrected chi connectivity index (χ4v) is 1.66. The van der Waals surface area contributed by atoms with Crippen LogP contribution in [0.4, 0.5) is 0 Å². The van der Waals surface area contributed by atoms with E-state index in [1.165, 1.54) is 0 Å². The number of hydrogen-bond acceptors (Lipinski definition) is 3. The number of aliphatic hydroxyl groups is 1. The van der Waals surface area contributed by atoms with E-state index in [-0.39, 0.29) is 12.2 Å². The van der Waals surface area contributed by atoms with Crippen LogP contribution in [0, 0.1) is 5.92 Å². The largest absolute Gasteiger partial charge is 0.478 e. The summed E-state index contributed by atoms with van der Waals surface area (Å²) < 4.78 is 0. The Morgan fingerprint density at radius 3 is 2.43 bits per heavy atom. The second-order valence-electron chi connectivity index (χ2n) is 3.81. The van der Waals surface area contributed by atoms with Gasteiger partial charge >= 0.3 is 5.97 Å². The van der Waals surface area contributed by atoms with Gasteiger partial charge in [0.25, 0.3) is 0 Å². The van der Waals surface area contributed by atoms with Gasteiger partial charge in [0, 0.05) is 18.7 Å². The quantitative estimate of drug-likeness (QED) is 0.641. The van der Waals surface area contributed by atoms with Crippen molar-refractivity contribution in [3.8, 4) is 0 Å². The Morgan fingerprint density at radius 1 is 1.43 bits per heavy atom. The number of rotatable bonds is 4. The van der Waals surface area contributed by atoms with Crippen LogP contribution >= 0.6 is 0 Å². The van der Waals surface area contributed by atoms with Crippen molar-refractivity contribution in [2.24, 2.45) is 5.92 Å². The molecule has 0 atom stereocenters. The Hall–Kier alpha value is -0.870. The molecule has 0 unspecified atom stereocenters. The summed E-state index contributed by atoms with van der Waals surface area (Å²) in [6, 6.07) is 0. The van der Waals surface area contributed by atoms with Crippen LogP contribution < -0.4 is 0 Å². The van der Waals surface area contributed by atoms with E-state index in [0.29, 0.717) is 12.5 Å². The molecule has 0 aromatic carbocycles. The van der Waals surface area contributed by atoms with Crippen molar-refractivity contribution in [1.29, 1.82) is 0 Å². The molecule has 0 aliphatic carbocycles. The van der Waals surface area contributed by atoms with Crippen LogP contribution in [0.25, 0.3) is 0 Å². The summed E-state index contributed by atoms with van der Waals surface area (Å²) in [6.45, 7) is 5.90. The first-order valence-electron chi connectivity index (χ1n) is 4.87. The fourth-order valence-electron chi connectivity index (χ4n) is 1.66. The van der Waals surface area contributed by atoms with Crippen LogP contribution in [-0.2, 0) is 4.79 Å². The fraction of sp³-hybridized carbons (Fsp3) is 0.700. The van der Waals surface area contributed by atoms with E-state index in [1.54, 1.807) is 0 Å². The second kappa shape index (κ2) is 5.12. The van der Waals surface area contributed by atoms with Gasteiger partial charge in [-0.1, -0.05) is 6.58 Å². The molecule has 0 saturated carbocycles. The summed E-state index contributed by atoms with van der Waals surface area (Å²) in [7, 11) is 0. The molecule has 4 heteroatoms. The predicted molar refractivity (Wildman–Crippen MR) is 53.0 cm³/mol. The van der Waals surface area contributed by atoms with Crippen molar-refractivity contribution < 1.29 is 15.0 Å². The van der Waals surface area contributed by atoms with Crippen molar-refractivity contribution >= 4 is 5.97 Å². The Balaban J connectivity index is 2.29. The summed E-state index contributed by atoms with van der Waals surface area (Å²) in [5, 5.41) is 17.6. The Morgan fingerprint density at radius 2 is 2.00 bits per heavy atom. The number of aliphatic hydroxyl groups excluding tert-OH is 1. The van der Waals surface area contributed by atoms with Gasteiger partial charge in [-0.05, 0) is 31.8 Å². The van der Waals surface area contributed by atoms with E-state index in [1.807, 2.05) is 0 Å². The van der Waals surface area contributed by atoms with Gasteiger partial charge in [0.15, 0.2) is 0 Å². The number of carbonyl (C=O) groups is 1. The third-order valence-corrected chi connectivity index (χ3v) is 2.68. The minimum atomic E-state index is -0.922. The third-order valence-electron chi connectivity index (χ3n) is 2.68. The maximum atomic E-state index is 10.5.